The molecule has 1 spiro atoms. The zero-order valence-electron chi connectivity index (χ0n) is 18.5. The van der Waals surface area contributed by atoms with Gasteiger partial charge in [0.2, 0.25) is 0 Å². The van der Waals surface area contributed by atoms with Crippen LogP contribution in [0.5, 0.6) is 5.75 Å². The van der Waals surface area contributed by atoms with Gasteiger partial charge in [-0.3, -0.25) is 4.68 Å². The number of nitrogens with one attached hydrogen (secondary N) is 1. The number of aromatic nitrogens is 3. The third-order valence-electron chi connectivity index (χ3n) is 6.71. The summed E-state index contributed by atoms with van der Waals surface area (Å²) in [6.45, 7) is 4.95. The van der Waals surface area contributed by atoms with Crippen molar-refractivity contribution in [1.82, 2.24) is 25.0 Å². The molecule has 2 aromatic heterocycles. The SMILES string of the molecule is CCNC(=O)N1CCC2(CCn3nc(-c4cnc(N)c(-c5ccccc5OC)c4)cc32)C1. The zero-order valence-corrected chi connectivity index (χ0v) is 18.5. The Kier molecular flexibility index (Phi) is 5.00. The third-order valence-corrected chi connectivity index (χ3v) is 6.71. The van der Waals surface area contributed by atoms with E-state index in [2.05, 4.69) is 21.0 Å². The molecular formula is C24H28N6O2. The molecule has 32 heavy (non-hydrogen) atoms. The lowest BCUT2D eigenvalue weighted by Gasteiger charge is -2.23. The average molecular weight is 433 g/mol. The van der Waals surface area contributed by atoms with Crippen LogP contribution in [0, 0.1) is 0 Å². The number of nitrogen functional groups attached to an aromatic ring is 1. The molecule has 1 unspecified atom stereocenters. The van der Waals surface area contributed by atoms with Crippen molar-refractivity contribution in [2.24, 2.45) is 0 Å². The Hall–Kier alpha value is -3.55. The maximum atomic E-state index is 12.3. The molecular weight excluding hydrogens is 404 g/mol. The van der Waals surface area contributed by atoms with Gasteiger partial charge in [0.05, 0.1) is 12.8 Å². The molecule has 0 radical (unpaired) electrons. The molecule has 3 N–H and O–H groups in total. The van der Waals surface area contributed by atoms with Crippen molar-refractivity contribution in [3.8, 4) is 28.1 Å². The number of rotatable bonds is 4. The molecule has 8 nitrogen and oxygen atoms in total. The van der Waals surface area contributed by atoms with Crippen molar-refractivity contribution >= 4 is 11.8 Å². The highest BCUT2D eigenvalue weighted by Gasteiger charge is 2.46. The number of carbonyl (C=O) groups excluding carboxylic acids is 1. The van der Waals surface area contributed by atoms with E-state index in [1.54, 1.807) is 13.3 Å². The van der Waals surface area contributed by atoms with Gasteiger partial charge in [0, 0.05) is 60.2 Å². The lowest BCUT2D eigenvalue weighted by molar-refractivity contribution is 0.206. The number of fused-ring (bicyclic) bond motifs is 2. The lowest BCUT2D eigenvalue weighted by Crippen LogP contribution is -2.40. The first kappa shape index (κ1) is 20.4. The number of hydrogen-bond acceptors (Lipinski definition) is 5. The topological polar surface area (TPSA) is 98.3 Å². The number of carbonyl (C=O) groups is 1. The van der Waals surface area contributed by atoms with Gasteiger partial charge in [-0.1, -0.05) is 18.2 Å². The normalized spacial score (nSPS) is 19.4. The number of urea groups is 1. The van der Waals surface area contributed by atoms with Crippen LogP contribution in [0.15, 0.2) is 42.6 Å². The fourth-order valence-corrected chi connectivity index (χ4v) is 5.02. The van der Waals surface area contributed by atoms with Crippen LogP contribution in [0.1, 0.15) is 25.5 Å². The number of likely N-dealkylation sites (tertiary alicyclic amines) is 1. The second-order valence-electron chi connectivity index (χ2n) is 8.53. The van der Waals surface area contributed by atoms with Crippen molar-refractivity contribution in [2.75, 3.05) is 32.5 Å². The van der Waals surface area contributed by atoms with Crippen LogP contribution in [-0.2, 0) is 12.0 Å². The molecule has 4 heterocycles. The molecule has 5 rings (SSSR count). The Balaban J connectivity index is 1.48. The second-order valence-corrected chi connectivity index (χ2v) is 8.53. The Labute approximate surface area is 187 Å². The van der Waals surface area contributed by atoms with E-state index in [1.807, 2.05) is 42.2 Å². The average Bonchev–Trinajstić information content (AvgIpc) is 3.51. The number of hydrogen-bond donors (Lipinski definition) is 2. The van der Waals surface area contributed by atoms with Crippen LogP contribution in [0.2, 0.25) is 0 Å². The van der Waals surface area contributed by atoms with Crippen LogP contribution in [-0.4, -0.2) is 52.4 Å². The number of benzene rings is 1. The van der Waals surface area contributed by atoms with Gasteiger partial charge < -0.3 is 20.7 Å². The van der Waals surface area contributed by atoms with Crippen molar-refractivity contribution < 1.29 is 9.53 Å². The summed E-state index contributed by atoms with van der Waals surface area (Å²) in [6, 6.07) is 12.0. The van der Waals surface area contributed by atoms with Gasteiger partial charge in [-0.2, -0.15) is 5.10 Å². The van der Waals surface area contributed by atoms with E-state index in [9.17, 15) is 4.79 Å². The predicted octanol–water partition coefficient (Wildman–Crippen LogP) is 3.28. The first-order valence-corrected chi connectivity index (χ1v) is 11.0. The van der Waals surface area contributed by atoms with E-state index in [0.29, 0.717) is 12.4 Å². The standard InChI is InChI=1S/C24H28N6O2/c1-3-26-23(31)29-10-8-24(15-29)9-11-30-21(24)13-19(28-30)16-12-18(22(25)27-14-16)17-6-4-5-7-20(17)32-2/h4-7,12-14H,3,8-11,15H2,1-2H3,(H2,25,27)(H,26,31). The number of amides is 2. The summed E-state index contributed by atoms with van der Waals surface area (Å²) in [4.78, 5) is 18.7. The molecule has 3 aromatic rings. The number of methoxy groups -OCH3 is 1. The highest BCUT2D eigenvalue weighted by atomic mass is 16.5. The maximum absolute atomic E-state index is 12.3. The predicted molar refractivity (Wildman–Crippen MR) is 123 cm³/mol. The van der Waals surface area contributed by atoms with Crippen molar-refractivity contribution in [3.63, 3.8) is 0 Å². The van der Waals surface area contributed by atoms with Crippen molar-refractivity contribution in [1.29, 1.82) is 0 Å². The summed E-state index contributed by atoms with van der Waals surface area (Å²) >= 11 is 0. The van der Waals surface area contributed by atoms with Gasteiger partial charge in [0.1, 0.15) is 11.6 Å². The number of anilines is 1. The Morgan fingerprint density at radius 3 is 2.84 bits per heavy atom. The lowest BCUT2D eigenvalue weighted by atomic mass is 9.82. The molecule has 2 amide bonds. The number of ether oxygens (including phenoxy) is 1. The largest absolute Gasteiger partial charge is 0.496 e. The van der Waals surface area contributed by atoms with Crippen LogP contribution >= 0.6 is 0 Å². The van der Waals surface area contributed by atoms with Crippen molar-refractivity contribution in [2.45, 2.75) is 31.7 Å². The van der Waals surface area contributed by atoms with Crippen LogP contribution in [0.25, 0.3) is 22.4 Å². The first-order chi connectivity index (χ1) is 15.5. The summed E-state index contributed by atoms with van der Waals surface area (Å²) in [6.07, 6.45) is 3.74. The molecule has 166 valence electrons. The number of aryl methyl sites for hydroxylation is 1. The smallest absolute Gasteiger partial charge is 0.317 e. The molecule has 1 fully saturated rings. The molecule has 1 atom stereocenters. The minimum Gasteiger partial charge on any atom is -0.496 e. The van der Waals surface area contributed by atoms with E-state index in [4.69, 9.17) is 15.6 Å². The fourth-order valence-electron chi connectivity index (χ4n) is 5.02. The summed E-state index contributed by atoms with van der Waals surface area (Å²) in [7, 11) is 1.65. The van der Waals surface area contributed by atoms with E-state index >= 15 is 0 Å². The molecule has 0 bridgehead atoms. The number of nitrogens with zero attached hydrogens (tertiary/aromatic N) is 4. The summed E-state index contributed by atoms with van der Waals surface area (Å²) < 4.78 is 7.61. The van der Waals surface area contributed by atoms with Crippen LogP contribution in [0.4, 0.5) is 10.6 Å². The molecule has 1 saturated heterocycles. The van der Waals surface area contributed by atoms with E-state index in [1.165, 1.54) is 5.69 Å². The molecule has 1 aromatic carbocycles. The number of pyridine rings is 1. The minimum absolute atomic E-state index is 0.0201. The number of nitrogens with two attached hydrogens (primary N) is 1. The molecule has 8 heteroatoms. The molecule has 2 aliphatic heterocycles. The van der Waals surface area contributed by atoms with Gasteiger partial charge in [-0.25, -0.2) is 9.78 Å². The Bertz CT molecular complexity index is 1170. The highest BCUT2D eigenvalue weighted by molar-refractivity contribution is 5.82. The van der Waals surface area contributed by atoms with Gasteiger partial charge in [0.25, 0.3) is 0 Å². The van der Waals surface area contributed by atoms with Crippen LogP contribution in [0.3, 0.4) is 0 Å². The highest BCUT2D eigenvalue weighted by Crippen LogP contribution is 2.44. The van der Waals surface area contributed by atoms with Gasteiger partial charge in [-0.15, -0.1) is 0 Å². The van der Waals surface area contributed by atoms with E-state index in [-0.39, 0.29) is 11.4 Å². The van der Waals surface area contributed by atoms with Crippen molar-refractivity contribution in [3.05, 3.63) is 48.3 Å². The van der Waals surface area contributed by atoms with Gasteiger partial charge in [0.15, 0.2) is 0 Å². The van der Waals surface area contributed by atoms with Gasteiger partial charge in [-0.05, 0) is 38.0 Å². The molecule has 0 saturated carbocycles. The fraction of sp³-hybridized carbons (Fsp3) is 0.375. The Morgan fingerprint density at radius 2 is 2.03 bits per heavy atom. The zero-order chi connectivity index (χ0) is 22.3. The molecule has 0 aliphatic carbocycles. The Morgan fingerprint density at radius 1 is 1.22 bits per heavy atom. The molecule has 2 aliphatic rings. The van der Waals surface area contributed by atoms with E-state index in [0.717, 1.165) is 60.6 Å². The summed E-state index contributed by atoms with van der Waals surface area (Å²) in [5.41, 5.74) is 10.9. The first-order valence-electron chi connectivity index (χ1n) is 11.0. The summed E-state index contributed by atoms with van der Waals surface area (Å²) in [5, 5.41) is 7.80. The number of para-hydroxylation sites is 1. The third kappa shape index (κ3) is 3.26. The second kappa shape index (κ2) is 7.85. The van der Waals surface area contributed by atoms with Crippen LogP contribution < -0.4 is 15.8 Å². The van der Waals surface area contributed by atoms with Gasteiger partial charge >= 0.3 is 6.03 Å². The monoisotopic (exact) mass is 432 g/mol. The quantitative estimate of drug-likeness (QED) is 0.659. The maximum Gasteiger partial charge on any atom is 0.317 e. The summed E-state index contributed by atoms with van der Waals surface area (Å²) in [5.74, 6) is 1.20. The minimum atomic E-state index is -0.0248. The van der Waals surface area contributed by atoms with E-state index < -0.39 is 0 Å².